The minimum Gasteiger partial charge on any atom is -0.481 e. The number of nitrogens with one attached hydrogen (secondary N) is 1. The number of rotatable bonds is 4. The molecule has 2 aromatic carbocycles. The number of carbonyl (C=O) groups excluding carboxylic acids is 1. The first-order chi connectivity index (χ1) is 11.2. The Bertz CT molecular complexity index is 741. The molecule has 2 rings (SSSR count). The van der Waals surface area contributed by atoms with Gasteiger partial charge in [-0.3, -0.25) is 4.79 Å². The zero-order chi connectivity index (χ0) is 17.9. The van der Waals surface area contributed by atoms with Crippen LogP contribution < -0.4 is 10.1 Å². The Kier molecular flexibility index (Phi) is 5.17. The van der Waals surface area contributed by atoms with Gasteiger partial charge < -0.3 is 10.1 Å². The van der Waals surface area contributed by atoms with Crippen LogP contribution in [0.3, 0.4) is 0 Å². The van der Waals surface area contributed by atoms with Crippen molar-refractivity contribution in [1.82, 2.24) is 0 Å². The summed E-state index contributed by atoms with van der Waals surface area (Å²) in [5.74, 6) is -0.438. The average Bonchev–Trinajstić information content (AvgIpc) is 2.49. The Labute approximate surface area is 138 Å². The molecule has 24 heavy (non-hydrogen) atoms. The van der Waals surface area contributed by atoms with Gasteiger partial charge >= 0.3 is 6.18 Å². The van der Waals surface area contributed by atoms with Crippen molar-refractivity contribution in [2.75, 3.05) is 5.32 Å². The maximum Gasteiger partial charge on any atom is 0.416 e. The highest BCUT2D eigenvalue weighted by Gasteiger charge is 2.30. The van der Waals surface area contributed by atoms with E-state index in [1.807, 2.05) is 26.0 Å². The highest BCUT2D eigenvalue weighted by Crippen LogP contribution is 2.31. The number of anilines is 1. The van der Waals surface area contributed by atoms with Crippen molar-refractivity contribution < 1.29 is 22.7 Å². The van der Waals surface area contributed by atoms with E-state index in [1.54, 1.807) is 6.07 Å². The second-order valence-electron chi connectivity index (χ2n) is 5.59. The van der Waals surface area contributed by atoms with Crippen molar-refractivity contribution in [2.45, 2.75) is 33.1 Å². The number of aryl methyl sites for hydroxylation is 2. The Morgan fingerprint density at radius 1 is 1.12 bits per heavy atom. The van der Waals surface area contributed by atoms with Gasteiger partial charge in [-0.05, 0) is 50.6 Å². The average molecular weight is 337 g/mol. The Hall–Kier alpha value is -2.50. The minimum absolute atomic E-state index is 0.00639. The van der Waals surface area contributed by atoms with Gasteiger partial charge in [0.25, 0.3) is 5.91 Å². The predicted octanol–water partition coefficient (Wildman–Crippen LogP) is 4.73. The second-order valence-corrected chi connectivity index (χ2v) is 5.59. The number of carbonyl (C=O) groups is 1. The lowest BCUT2D eigenvalue weighted by atomic mass is 10.1. The molecule has 0 radical (unpaired) electrons. The van der Waals surface area contributed by atoms with Gasteiger partial charge in [-0.1, -0.05) is 23.8 Å². The summed E-state index contributed by atoms with van der Waals surface area (Å²) in [5.41, 5.74) is 1.79. The van der Waals surface area contributed by atoms with Gasteiger partial charge in [0.2, 0.25) is 0 Å². The zero-order valence-corrected chi connectivity index (χ0v) is 13.6. The molecule has 0 aliphatic carbocycles. The van der Waals surface area contributed by atoms with Crippen LogP contribution in [0, 0.1) is 13.8 Å². The Balaban J connectivity index is 2.06. The van der Waals surface area contributed by atoms with E-state index >= 15 is 0 Å². The number of hydrogen-bond donors (Lipinski definition) is 1. The van der Waals surface area contributed by atoms with Crippen molar-refractivity contribution in [1.29, 1.82) is 0 Å². The fraction of sp³-hybridized carbons (Fsp3) is 0.278. The third-order valence-electron chi connectivity index (χ3n) is 3.48. The molecule has 1 atom stereocenters. The lowest BCUT2D eigenvalue weighted by Crippen LogP contribution is -2.30. The molecular weight excluding hydrogens is 319 g/mol. The summed E-state index contributed by atoms with van der Waals surface area (Å²) in [5, 5.41) is 2.72. The van der Waals surface area contributed by atoms with Gasteiger partial charge in [-0.25, -0.2) is 0 Å². The van der Waals surface area contributed by atoms with Gasteiger partial charge in [-0.2, -0.15) is 13.2 Å². The summed E-state index contributed by atoms with van der Waals surface area (Å²) in [7, 11) is 0. The fourth-order valence-electron chi connectivity index (χ4n) is 2.19. The number of halogens is 3. The van der Waals surface area contributed by atoms with Crippen LogP contribution in [-0.4, -0.2) is 12.0 Å². The molecule has 0 unspecified atom stereocenters. The standard InChI is InChI=1S/C18H18F3NO2/c1-11-7-8-16(12(2)9-11)22-17(23)13(3)24-15-6-4-5-14(10-15)18(19,20)21/h4-10,13H,1-3H3,(H,22,23)/t13-/m0/s1. The fourth-order valence-corrected chi connectivity index (χ4v) is 2.19. The van der Waals surface area contributed by atoms with Crippen molar-refractivity contribution in [3.05, 3.63) is 59.2 Å². The molecule has 0 saturated carbocycles. The van der Waals surface area contributed by atoms with Crippen LogP contribution in [0.1, 0.15) is 23.6 Å². The lowest BCUT2D eigenvalue weighted by molar-refractivity contribution is -0.137. The largest absolute Gasteiger partial charge is 0.481 e. The topological polar surface area (TPSA) is 38.3 Å². The molecule has 2 aromatic rings. The van der Waals surface area contributed by atoms with E-state index < -0.39 is 23.8 Å². The monoisotopic (exact) mass is 337 g/mol. The molecule has 0 saturated heterocycles. The summed E-state index contributed by atoms with van der Waals surface area (Å²) in [4.78, 5) is 12.2. The molecular formula is C18H18F3NO2. The smallest absolute Gasteiger partial charge is 0.416 e. The summed E-state index contributed by atoms with van der Waals surface area (Å²) in [6, 6.07) is 10.0. The number of ether oxygens (including phenoxy) is 1. The molecule has 3 nitrogen and oxygen atoms in total. The van der Waals surface area contributed by atoms with E-state index in [4.69, 9.17) is 4.74 Å². The van der Waals surface area contributed by atoms with Crippen molar-refractivity contribution >= 4 is 11.6 Å². The van der Waals surface area contributed by atoms with Gasteiger partial charge in [0.1, 0.15) is 5.75 Å². The summed E-state index contributed by atoms with van der Waals surface area (Å²) >= 11 is 0. The summed E-state index contributed by atoms with van der Waals surface area (Å²) < 4.78 is 43.4. The number of amides is 1. The Morgan fingerprint density at radius 3 is 2.46 bits per heavy atom. The van der Waals surface area contributed by atoms with Gasteiger partial charge in [0.15, 0.2) is 6.10 Å². The molecule has 128 valence electrons. The van der Waals surface area contributed by atoms with E-state index in [-0.39, 0.29) is 5.75 Å². The second kappa shape index (κ2) is 6.95. The molecule has 0 aliphatic heterocycles. The summed E-state index contributed by atoms with van der Waals surface area (Å²) in [6.45, 7) is 5.29. The van der Waals surface area contributed by atoms with Crippen LogP contribution in [0.5, 0.6) is 5.75 Å². The molecule has 1 N–H and O–H groups in total. The van der Waals surface area contributed by atoms with Crippen LogP contribution in [0.15, 0.2) is 42.5 Å². The first-order valence-electron chi connectivity index (χ1n) is 7.39. The number of alkyl halides is 3. The SMILES string of the molecule is Cc1ccc(NC(=O)[C@H](C)Oc2cccc(C(F)(F)F)c2)c(C)c1. The van der Waals surface area contributed by atoms with E-state index in [0.29, 0.717) is 5.69 Å². The third kappa shape index (κ3) is 4.50. The Morgan fingerprint density at radius 2 is 1.83 bits per heavy atom. The highest BCUT2D eigenvalue weighted by molar-refractivity contribution is 5.94. The van der Waals surface area contributed by atoms with E-state index in [1.165, 1.54) is 19.1 Å². The molecule has 0 fully saturated rings. The van der Waals surface area contributed by atoms with Crippen molar-refractivity contribution in [3.8, 4) is 5.75 Å². The predicted molar refractivity (Wildman–Crippen MR) is 86.1 cm³/mol. The molecule has 1 amide bonds. The molecule has 0 aliphatic rings. The van der Waals surface area contributed by atoms with E-state index in [9.17, 15) is 18.0 Å². The van der Waals surface area contributed by atoms with Crippen LogP contribution in [0.2, 0.25) is 0 Å². The first-order valence-corrected chi connectivity index (χ1v) is 7.39. The maximum atomic E-state index is 12.7. The molecule has 6 heteroatoms. The van der Waals surface area contributed by atoms with Gasteiger partial charge in [0.05, 0.1) is 5.56 Å². The zero-order valence-electron chi connectivity index (χ0n) is 13.6. The van der Waals surface area contributed by atoms with E-state index in [0.717, 1.165) is 23.3 Å². The van der Waals surface area contributed by atoms with Gasteiger partial charge in [-0.15, -0.1) is 0 Å². The first kappa shape index (κ1) is 17.8. The van der Waals surface area contributed by atoms with Crippen LogP contribution in [0.25, 0.3) is 0 Å². The van der Waals surface area contributed by atoms with Crippen LogP contribution in [-0.2, 0) is 11.0 Å². The van der Waals surface area contributed by atoms with Gasteiger partial charge in [0, 0.05) is 5.69 Å². The number of hydrogen-bond acceptors (Lipinski definition) is 2. The van der Waals surface area contributed by atoms with Crippen molar-refractivity contribution in [3.63, 3.8) is 0 Å². The third-order valence-corrected chi connectivity index (χ3v) is 3.48. The van der Waals surface area contributed by atoms with Crippen LogP contribution in [0.4, 0.5) is 18.9 Å². The minimum atomic E-state index is -4.45. The van der Waals surface area contributed by atoms with Crippen molar-refractivity contribution in [2.24, 2.45) is 0 Å². The quantitative estimate of drug-likeness (QED) is 0.876. The maximum absolute atomic E-state index is 12.7. The number of benzene rings is 2. The lowest BCUT2D eigenvalue weighted by Gasteiger charge is -2.17. The molecule has 0 bridgehead atoms. The molecule has 0 heterocycles. The molecule has 0 spiro atoms. The van der Waals surface area contributed by atoms with E-state index in [2.05, 4.69) is 5.32 Å². The van der Waals surface area contributed by atoms with Crippen LogP contribution >= 0.6 is 0 Å². The molecule has 0 aromatic heterocycles. The highest BCUT2D eigenvalue weighted by atomic mass is 19.4. The normalized spacial score (nSPS) is 12.6. The summed E-state index contributed by atoms with van der Waals surface area (Å²) in [6.07, 6.45) is -5.39.